The van der Waals surface area contributed by atoms with Gasteiger partial charge in [0.15, 0.2) is 6.04 Å². The van der Waals surface area contributed by atoms with Crippen LogP contribution in [0.2, 0.25) is 0 Å². The van der Waals surface area contributed by atoms with Crippen LogP contribution in [-0.4, -0.2) is 60.4 Å². The van der Waals surface area contributed by atoms with E-state index in [0.717, 1.165) is 13.0 Å². The normalized spacial score (nSPS) is 23.2. The van der Waals surface area contributed by atoms with Gasteiger partial charge in [0.25, 0.3) is 5.91 Å². The quantitative estimate of drug-likeness (QED) is 0.877. The van der Waals surface area contributed by atoms with Crippen molar-refractivity contribution in [2.75, 3.05) is 31.8 Å². The van der Waals surface area contributed by atoms with Crippen LogP contribution in [0.3, 0.4) is 0 Å². The lowest BCUT2D eigenvalue weighted by Gasteiger charge is -2.19. The van der Waals surface area contributed by atoms with Crippen molar-refractivity contribution in [1.29, 1.82) is 0 Å². The fourth-order valence-corrected chi connectivity index (χ4v) is 3.07. The fourth-order valence-electron chi connectivity index (χ4n) is 3.07. The number of carbonyl (C=O) groups excluding carboxylic acids is 1. The van der Waals surface area contributed by atoms with Crippen molar-refractivity contribution in [3.8, 4) is 0 Å². The van der Waals surface area contributed by atoms with Crippen LogP contribution in [0.15, 0.2) is 35.4 Å². The fraction of sp³-hybridized carbons (Fsp3) is 0.471. The molecule has 2 aliphatic heterocycles. The van der Waals surface area contributed by atoms with Gasteiger partial charge in [-0.05, 0) is 18.6 Å². The Balaban J connectivity index is 1.74. The summed E-state index contributed by atoms with van der Waals surface area (Å²) in [5.74, 6) is -0.870. The van der Waals surface area contributed by atoms with Crippen molar-refractivity contribution in [3.63, 3.8) is 0 Å². The van der Waals surface area contributed by atoms with Gasteiger partial charge in [-0.25, -0.2) is 4.79 Å². The third-order valence-corrected chi connectivity index (χ3v) is 4.37. The summed E-state index contributed by atoms with van der Waals surface area (Å²) in [7, 11) is 1.73. The van der Waals surface area contributed by atoms with E-state index >= 15 is 0 Å². The first-order valence-corrected chi connectivity index (χ1v) is 8.04. The molecule has 3 rings (SSSR count). The van der Waals surface area contributed by atoms with Gasteiger partial charge in [-0.1, -0.05) is 18.2 Å². The number of para-hydroxylation sites is 1. The molecule has 0 spiro atoms. The zero-order chi connectivity index (χ0) is 17.1. The Morgan fingerprint density at radius 3 is 2.75 bits per heavy atom. The molecule has 2 unspecified atom stereocenters. The van der Waals surface area contributed by atoms with Gasteiger partial charge in [0, 0.05) is 32.5 Å². The molecule has 24 heavy (non-hydrogen) atoms. The van der Waals surface area contributed by atoms with Crippen molar-refractivity contribution >= 4 is 23.3 Å². The van der Waals surface area contributed by atoms with Crippen LogP contribution in [0.4, 0.5) is 5.69 Å². The lowest BCUT2D eigenvalue weighted by atomic mass is 10.1. The van der Waals surface area contributed by atoms with Gasteiger partial charge < -0.3 is 14.7 Å². The first-order chi connectivity index (χ1) is 11.6. The van der Waals surface area contributed by atoms with Gasteiger partial charge in [-0.3, -0.25) is 9.80 Å². The Bertz CT molecular complexity index is 640. The minimum atomic E-state index is -0.989. The first-order valence-electron chi connectivity index (χ1n) is 8.04. The van der Waals surface area contributed by atoms with E-state index in [1.54, 1.807) is 24.1 Å². The molecule has 0 aromatic heterocycles. The number of amides is 1. The number of anilines is 1. The molecule has 1 fully saturated rings. The molecule has 7 nitrogen and oxygen atoms in total. The summed E-state index contributed by atoms with van der Waals surface area (Å²) in [6.07, 6.45) is 1.05. The molecule has 2 heterocycles. The zero-order valence-electron chi connectivity index (χ0n) is 13.6. The standard InChI is InChI=1S/C17H21N3O4/c1-19(10-12-7-8-24-11-12)16(21)14-9-15(17(22)23)20(18-14)13-5-3-2-4-6-13/h2-6,12,15H,7-11H2,1H3,(H,22,23). The molecule has 1 amide bonds. The van der Waals surface area contributed by atoms with Gasteiger partial charge >= 0.3 is 5.97 Å². The predicted octanol–water partition coefficient (Wildman–Crippen LogP) is 1.20. The third kappa shape index (κ3) is 3.41. The molecule has 0 bridgehead atoms. The molecule has 128 valence electrons. The molecule has 0 saturated carbocycles. The summed E-state index contributed by atoms with van der Waals surface area (Å²) >= 11 is 0. The molecule has 0 aliphatic carbocycles. The van der Waals surface area contributed by atoms with E-state index in [0.29, 0.717) is 24.8 Å². The van der Waals surface area contributed by atoms with Gasteiger partial charge in [-0.2, -0.15) is 5.10 Å². The molecule has 2 aliphatic rings. The molecule has 1 saturated heterocycles. The number of aliphatic carboxylic acids is 1. The Kier molecular flexibility index (Phi) is 4.80. The van der Waals surface area contributed by atoms with Crippen LogP contribution >= 0.6 is 0 Å². The second-order valence-electron chi connectivity index (χ2n) is 6.20. The second-order valence-corrected chi connectivity index (χ2v) is 6.20. The van der Waals surface area contributed by atoms with Crippen molar-refractivity contribution in [2.24, 2.45) is 11.0 Å². The highest BCUT2D eigenvalue weighted by atomic mass is 16.5. The summed E-state index contributed by atoms with van der Waals surface area (Å²) < 4.78 is 5.33. The van der Waals surface area contributed by atoms with Gasteiger partial charge in [0.05, 0.1) is 12.3 Å². The van der Waals surface area contributed by atoms with E-state index in [1.165, 1.54) is 5.01 Å². The lowest BCUT2D eigenvalue weighted by molar-refractivity contribution is -0.138. The molecule has 0 radical (unpaired) electrons. The minimum absolute atomic E-state index is 0.106. The average molecular weight is 331 g/mol. The molecule has 1 N–H and O–H groups in total. The maximum absolute atomic E-state index is 12.6. The molecule has 7 heteroatoms. The van der Waals surface area contributed by atoms with Crippen LogP contribution in [0.1, 0.15) is 12.8 Å². The van der Waals surface area contributed by atoms with Crippen LogP contribution < -0.4 is 5.01 Å². The summed E-state index contributed by atoms with van der Waals surface area (Å²) in [5, 5.41) is 15.2. The Morgan fingerprint density at radius 2 is 2.12 bits per heavy atom. The number of carboxylic acids is 1. The summed E-state index contributed by atoms with van der Waals surface area (Å²) in [6, 6.07) is 8.20. The minimum Gasteiger partial charge on any atom is -0.480 e. The number of rotatable bonds is 5. The van der Waals surface area contributed by atoms with Crippen molar-refractivity contribution in [1.82, 2.24) is 4.90 Å². The average Bonchev–Trinajstić information content (AvgIpc) is 3.24. The van der Waals surface area contributed by atoms with E-state index in [4.69, 9.17) is 4.74 Å². The molecule has 2 atom stereocenters. The number of hydrogen-bond donors (Lipinski definition) is 1. The van der Waals surface area contributed by atoms with E-state index in [9.17, 15) is 14.7 Å². The van der Waals surface area contributed by atoms with Crippen molar-refractivity contribution in [3.05, 3.63) is 30.3 Å². The van der Waals surface area contributed by atoms with Crippen LogP contribution in [0.25, 0.3) is 0 Å². The summed E-state index contributed by atoms with van der Waals surface area (Å²) in [6.45, 7) is 2.00. The highest BCUT2D eigenvalue weighted by molar-refractivity contribution is 6.40. The van der Waals surface area contributed by atoms with Crippen LogP contribution in [0, 0.1) is 5.92 Å². The molecule has 1 aromatic carbocycles. The van der Waals surface area contributed by atoms with E-state index < -0.39 is 12.0 Å². The monoisotopic (exact) mass is 331 g/mol. The maximum atomic E-state index is 12.6. The topological polar surface area (TPSA) is 82.4 Å². The summed E-state index contributed by atoms with van der Waals surface area (Å²) in [4.78, 5) is 25.8. The second kappa shape index (κ2) is 7.00. The maximum Gasteiger partial charge on any atom is 0.328 e. The summed E-state index contributed by atoms with van der Waals surface area (Å²) in [5.41, 5.74) is 0.951. The third-order valence-electron chi connectivity index (χ3n) is 4.37. The Hall–Kier alpha value is -2.41. The van der Waals surface area contributed by atoms with Gasteiger partial charge in [-0.15, -0.1) is 0 Å². The van der Waals surface area contributed by atoms with Gasteiger partial charge in [0.2, 0.25) is 0 Å². The number of nitrogens with zero attached hydrogens (tertiary/aromatic N) is 3. The molecule has 1 aromatic rings. The predicted molar refractivity (Wildman–Crippen MR) is 89.0 cm³/mol. The van der Waals surface area contributed by atoms with Crippen LogP contribution in [0.5, 0.6) is 0 Å². The number of ether oxygens (including phenoxy) is 1. The number of carbonyl (C=O) groups is 2. The van der Waals surface area contributed by atoms with Crippen molar-refractivity contribution < 1.29 is 19.4 Å². The highest BCUT2D eigenvalue weighted by Gasteiger charge is 2.37. The van der Waals surface area contributed by atoms with E-state index in [-0.39, 0.29) is 18.0 Å². The zero-order valence-corrected chi connectivity index (χ0v) is 13.6. The number of carboxylic acid groups (broad SMARTS) is 1. The number of hydrogen-bond acceptors (Lipinski definition) is 5. The van der Waals surface area contributed by atoms with Crippen LogP contribution in [-0.2, 0) is 14.3 Å². The SMILES string of the molecule is CN(CC1CCOC1)C(=O)C1=NN(c2ccccc2)C(C(=O)O)C1. The smallest absolute Gasteiger partial charge is 0.328 e. The van der Waals surface area contributed by atoms with E-state index in [2.05, 4.69) is 5.10 Å². The lowest BCUT2D eigenvalue weighted by Crippen LogP contribution is -2.38. The largest absolute Gasteiger partial charge is 0.480 e. The number of benzene rings is 1. The molecular formula is C17H21N3O4. The Labute approximate surface area is 140 Å². The van der Waals surface area contributed by atoms with E-state index in [1.807, 2.05) is 18.2 Å². The van der Waals surface area contributed by atoms with Gasteiger partial charge in [0.1, 0.15) is 5.71 Å². The van der Waals surface area contributed by atoms with Crippen molar-refractivity contribution in [2.45, 2.75) is 18.9 Å². The first kappa shape index (κ1) is 16.4. The molecular weight excluding hydrogens is 310 g/mol. The highest BCUT2D eigenvalue weighted by Crippen LogP contribution is 2.25. The Morgan fingerprint density at radius 1 is 1.38 bits per heavy atom. The number of hydrazone groups is 1.